The second-order valence-electron chi connectivity index (χ2n) is 4.10. The molecule has 1 fully saturated rings. The molecule has 2 rings (SSSR count). The Hall–Kier alpha value is -1.30. The molecule has 1 heterocycles. The van der Waals surface area contributed by atoms with Gasteiger partial charge in [-0.25, -0.2) is 0 Å². The van der Waals surface area contributed by atoms with Crippen LogP contribution < -0.4 is 0 Å². The van der Waals surface area contributed by atoms with Gasteiger partial charge in [0.25, 0.3) is 0 Å². The van der Waals surface area contributed by atoms with Crippen molar-refractivity contribution in [2.24, 2.45) is 0 Å². The van der Waals surface area contributed by atoms with Crippen molar-refractivity contribution in [2.45, 2.75) is 44.9 Å². The van der Waals surface area contributed by atoms with Crippen molar-refractivity contribution in [3.63, 3.8) is 0 Å². The lowest BCUT2D eigenvalue weighted by Crippen LogP contribution is -2.20. The van der Waals surface area contributed by atoms with Gasteiger partial charge in [-0.05, 0) is 26.7 Å². The normalized spacial score (nSPS) is 19.5. The van der Waals surface area contributed by atoms with Gasteiger partial charge in [-0.3, -0.25) is 0 Å². The van der Waals surface area contributed by atoms with Crippen LogP contribution in [-0.2, 0) is 5.41 Å². The molecule has 1 saturated carbocycles. The largest absolute Gasteiger partial charge is 0.361 e. The first-order chi connectivity index (χ1) is 6.69. The number of nitriles is 1. The van der Waals surface area contributed by atoms with Gasteiger partial charge in [0.15, 0.2) is 0 Å². The summed E-state index contributed by atoms with van der Waals surface area (Å²) in [5.41, 5.74) is 1.61. The Kier molecular flexibility index (Phi) is 2.07. The third-order valence-electron chi connectivity index (χ3n) is 3.18. The molecule has 1 aliphatic carbocycles. The van der Waals surface area contributed by atoms with E-state index in [0.29, 0.717) is 0 Å². The Labute approximate surface area is 83.7 Å². The van der Waals surface area contributed by atoms with Crippen molar-refractivity contribution in [3.05, 3.63) is 17.0 Å². The van der Waals surface area contributed by atoms with Crippen molar-refractivity contribution in [1.82, 2.24) is 5.16 Å². The second-order valence-corrected chi connectivity index (χ2v) is 4.10. The van der Waals surface area contributed by atoms with Gasteiger partial charge in [0.1, 0.15) is 5.76 Å². The van der Waals surface area contributed by atoms with Gasteiger partial charge in [-0.2, -0.15) is 5.26 Å². The van der Waals surface area contributed by atoms with E-state index in [1.807, 2.05) is 13.8 Å². The molecule has 0 aliphatic heterocycles. The second kappa shape index (κ2) is 3.13. The summed E-state index contributed by atoms with van der Waals surface area (Å²) in [5, 5.41) is 13.2. The van der Waals surface area contributed by atoms with Crippen LogP contribution in [0, 0.1) is 25.2 Å². The number of hydrogen-bond acceptors (Lipinski definition) is 3. The van der Waals surface area contributed by atoms with Crippen LogP contribution in [0.3, 0.4) is 0 Å². The van der Waals surface area contributed by atoms with E-state index >= 15 is 0 Å². The minimum atomic E-state index is -0.311. The molecule has 0 spiro atoms. The van der Waals surface area contributed by atoms with Crippen LogP contribution in [0.4, 0.5) is 0 Å². The first-order valence-electron chi connectivity index (χ1n) is 5.04. The summed E-state index contributed by atoms with van der Waals surface area (Å²) < 4.78 is 5.13. The molecule has 74 valence electrons. The summed E-state index contributed by atoms with van der Waals surface area (Å²) in [6.07, 6.45) is 4.17. The van der Waals surface area contributed by atoms with Crippen molar-refractivity contribution >= 4 is 0 Å². The van der Waals surface area contributed by atoms with Crippen molar-refractivity contribution in [2.75, 3.05) is 0 Å². The van der Waals surface area contributed by atoms with Crippen molar-refractivity contribution in [3.8, 4) is 6.07 Å². The van der Waals surface area contributed by atoms with Crippen LogP contribution in [0.25, 0.3) is 0 Å². The minimum Gasteiger partial charge on any atom is -0.361 e. The summed E-state index contributed by atoms with van der Waals surface area (Å²) in [4.78, 5) is 0. The predicted octanol–water partition coefficient (Wildman–Crippen LogP) is 2.63. The fourth-order valence-electron chi connectivity index (χ4n) is 2.56. The average Bonchev–Trinajstić information content (AvgIpc) is 2.75. The first-order valence-corrected chi connectivity index (χ1v) is 5.04. The highest BCUT2D eigenvalue weighted by Gasteiger charge is 2.40. The molecule has 0 saturated heterocycles. The number of hydrogen-bond donors (Lipinski definition) is 0. The molecule has 0 radical (unpaired) electrons. The number of nitrogens with zero attached hydrogens (tertiary/aromatic N) is 2. The summed E-state index contributed by atoms with van der Waals surface area (Å²) >= 11 is 0. The first kappa shape index (κ1) is 9.26. The SMILES string of the molecule is Cc1noc(C)c1C1(C#N)CCCC1. The summed E-state index contributed by atoms with van der Waals surface area (Å²) in [6, 6.07) is 2.46. The van der Waals surface area contributed by atoms with Crippen LogP contribution in [-0.4, -0.2) is 5.16 Å². The van der Waals surface area contributed by atoms with Gasteiger partial charge in [-0.1, -0.05) is 18.0 Å². The van der Waals surface area contributed by atoms with Crippen LogP contribution >= 0.6 is 0 Å². The van der Waals surface area contributed by atoms with Crippen molar-refractivity contribution in [1.29, 1.82) is 5.26 Å². The molecule has 14 heavy (non-hydrogen) atoms. The van der Waals surface area contributed by atoms with Crippen LogP contribution in [0.1, 0.15) is 42.7 Å². The molecule has 0 aromatic carbocycles. The Morgan fingerprint density at radius 3 is 2.43 bits per heavy atom. The van der Waals surface area contributed by atoms with E-state index in [1.54, 1.807) is 0 Å². The Morgan fingerprint density at radius 2 is 2.00 bits per heavy atom. The van der Waals surface area contributed by atoms with Gasteiger partial charge < -0.3 is 4.52 Å². The third kappa shape index (κ3) is 1.14. The van der Waals surface area contributed by atoms with Gasteiger partial charge in [0, 0.05) is 5.56 Å². The van der Waals surface area contributed by atoms with Gasteiger partial charge in [-0.15, -0.1) is 0 Å². The zero-order chi connectivity index (χ0) is 10.2. The molecule has 0 bridgehead atoms. The standard InChI is InChI=1S/C11H14N2O/c1-8-10(9(2)14-13-8)11(7-12)5-3-4-6-11/h3-6H2,1-2H3. The van der Waals surface area contributed by atoms with Crippen LogP contribution in [0.5, 0.6) is 0 Å². The maximum atomic E-state index is 9.32. The third-order valence-corrected chi connectivity index (χ3v) is 3.18. The minimum absolute atomic E-state index is 0.311. The molecular formula is C11H14N2O. The molecule has 1 aromatic rings. The van der Waals surface area contributed by atoms with Gasteiger partial charge in [0.2, 0.25) is 0 Å². The quantitative estimate of drug-likeness (QED) is 0.684. The van der Waals surface area contributed by atoms with E-state index in [1.165, 1.54) is 0 Å². The average molecular weight is 190 g/mol. The predicted molar refractivity (Wildman–Crippen MR) is 51.7 cm³/mol. The number of rotatable bonds is 1. The van der Waals surface area contributed by atoms with E-state index in [0.717, 1.165) is 42.7 Å². The smallest absolute Gasteiger partial charge is 0.138 e. The van der Waals surface area contributed by atoms with E-state index in [9.17, 15) is 5.26 Å². The zero-order valence-corrected chi connectivity index (χ0v) is 8.63. The Balaban J connectivity index is 2.52. The fraction of sp³-hybridized carbons (Fsp3) is 0.636. The number of aromatic nitrogens is 1. The lowest BCUT2D eigenvalue weighted by molar-refractivity contribution is 0.389. The molecule has 1 aliphatic rings. The van der Waals surface area contributed by atoms with Gasteiger partial charge >= 0.3 is 0 Å². The molecule has 0 N–H and O–H groups in total. The van der Waals surface area contributed by atoms with E-state index in [2.05, 4.69) is 11.2 Å². The maximum absolute atomic E-state index is 9.32. The van der Waals surface area contributed by atoms with Gasteiger partial charge in [0.05, 0.1) is 17.2 Å². The van der Waals surface area contributed by atoms with E-state index in [-0.39, 0.29) is 5.41 Å². The topological polar surface area (TPSA) is 49.8 Å². The molecule has 0 atom stereocenters. The van der Waals surface area contributed by atoms with Crippen molar-refractivity contribution < 1.29 is 4.52 Å². The van der Waals surface area contributed by atoms with E-state index < -0.39 is 0 Å². The molecule has 0 unspecified atom stereocenters. The molecular weight excluding hydrogens is 176 g/mol. The lowest BCUT2D eigenvalue weighted by atomic mass is 9.79. The molecule has 3 nitrogen and oxygen atoms in total. The lowest BCUT2D eigenvalue weighted by Gasteiger charge is -2.19. The highest BCUT2D eigenvalue weighted by Crippen LogP contribution is 2.43. The zero-order valence-electron chi connectivity index (χ0n) is 8.63. The maximum Gasteiger partial charge on any atom is 0.138 e. The van der Waals surface area contributed by atoms with Crippen LogP contribution in [0.15, 0.2) is 4.52 Å². The molecule has 1 aromatic heterocycles. The molecule has 0 amide bonds. The Bertz CT molecular complexity index is 361. The summed E-state index contributed by atoms with van der Waals surface area (Å²) in [7, 11) is 0. The van der Waals surface area contributed by atoms with Crippen LogP contribution in [0.2, 0.25) is 0 Å². The molecule has 3 heteroatoms. The Morgan fingerprint density at radius 1 is 1.36 bits per heavy atom. The summed E-state index contributed by atoms with van der Waals surface area (Å²) in [6.45, 7) is 3.82. The fourth-order valence-corrected chi connectivity index (χ4v) is 2.56. The number of aryl methyl sites for hydroxylation is 2. The summed E-state index contributed by atoms with van der Waals surface area (Å²) in [5.74, 6) is 0.811. The monoisotopic (exact) mass is 190 g/mol. The van der Waals surface area contributed by atoms with E-state index in [4.69, 9.17) is 4.52 Å². The highest BCUT2D eigenvalue weighted by atomic mass is 16.5. The highest BCUT2D eigenvalue weighted by molar-refractivity contribution is 5.38.